The van der Waals surface area contributed by atoms with E-state index in [9.17, 15) is 0 Å². The summed E-state index contributed by atoms with van der Waals surface area (Å²) >= 11 is 0. The Hall–Kier alpha value is -0.960. The zero-order chi connectivity index (χ0) is 9.52. The van der Waals surface area contributed by atoms with Crippen LogP contribution in [0.25, 0.3) is 0 Å². The van der Waals surface area contributed by atoms with E-state index >= 15 is 0 Å². The highest BCUT2D eigenvalue weighted by atomic mass is 16.5. The second-order valence-electron chi connectivity index (χ2n) is 2.78. The molecule has 0 aromatic rings. The van der Waals surface area contributed by atoms with Crippen molar-refractivity contribution in [2.24, 2.45) is 5.73 Å². The van der Waals surface area contributed by atoms with E-state index in [1.165, 1.54) is 0 Å². The highest BCUT2D eigenvalue weighted by Crippen LogP contribution is 2.20. The Labute approximate surface area is 79.2 Å². The Morgan fingerprint density at radius 1 is 1.23 bits per heavy atom. The molecule has 2 N–H and O–H groups in total. The lowest BCUT2D eigenvalue weighted by atomic mass is 10.1. The molecule has 0 heterocycles. The van der Waals surface area contributed by atoms with Crippen molar-refractivity contribution in [3.63, 3.8) is 0 Å². The lowest BCUT2D eigenvalue weighted by Gasteiger charge is -2.16. The standard InChI is InChI=1S/C10H17NO2/c1-2-12-9-5-3-4-6-10(9)13-8-7-11/h5-6H,2-4,7-8,11H2,1H3. The Kier molecular flexibility index (Phi) is 4.40. The number of hydrogen-bond acceptors (Lipinski definition) is 3. The molecule has 0 aromatic heterocycles. The monoisotopic (exact) mass is 183 g/mol. The number of nitrogens with two attached hydrogens (primary N) is 1. The molecule has 74 valence electrons. The first-order chi connectivity index (χ1) is 6.38. The minimum Gasteiger partial charge on any atom is -0.490 e. The van der Waals surface area contributed by atoms with Crippen molar-refractivity contribution in [2.75, 3.05) is 19.8 Å². The maximum Gasteiger partial charge on any atom is 0.156 e. The predicted octanol–water partition coefficient (Wildman–Crippen LogP) is 1.56. The van der Waals surface area contributed by atoms with Gasteiger partial charge in [0.2, 0.25) is 0 Å². The summed E-state index contributed by atoms with van der Waals surface area (Å²) in [7, 11) is 0. The SMILES string of the molecule is CCOC1=CCCC=C1OCCN. The number of rotatable bonds is 5. The van der Waals surface area contributed by atoms with E-state index in [1.807, 2.05) is 6.92 Å². The van der Waals surface area contributed by atoms with Crippen LogP contribution in [0.1, 0.15) is 19.8 Å². The molecule has 1 aliphatic rings. The van der Waals surface area contributed by atoms with Crippen LogP contribution in [0.5, 0.6) is 0 Å². The maximum atomic E-state index is 5.44. The topological polar surface area (TPSA) is 44.5 Å². The average molecular weight is 183 g/mol. The van der Waals surface area contributed by atoms with Crippen molar-refractivity contribution in [2.45, 2.75) is 19.8 Å². The van der Waals surface area contributed by atoms with Gasteiger partial charge in [0, 0.05) is 6.54 Å². The molecule has 0 bridgehead atoms. The average Bonchev–Trinajstić information content (AvgIpc) is 2.17. The fraction of sp³-hybridized carbons (Fsp3) is 0.600. The summed E-state index contributed by atoms with van der Waals surface area (Å²) in [5.74, 6) is 1.71. The summed E-state index contributed by atoms with van der Waals surface area (Å²) in [4.78, 5) is 0. The molecule has 0 unspecified atom stereocenters. The third-order valence-corrected chi connectivity index (χ3v) is 1.74. The molecule has 3 heteroatoms. The van der Waals surface area contributed by atoms with E-state index in [-0.39, 0.29) is 0 Å². The van der Waals surface area contributed by atoms with Gasteiger partial charge in [-0.15, -0.1) is 0 Å². The lowest BCUT2D eigenvalue weighted by molar-refractivity contribution is 0.158. The summed E-state index contributed by atoms with van der Waals surface area (Å²) in [6.45, 7) is 3.73. The molecule has 0 aliphatic heterocycles. The van der Waals surface area contributed by atoms with Gasteiger partial charge in [-0.25, -0.2) is 0 Å². The second kappa shape index (κ2) is 5.65. The van der Waals surface area contributed by atoms with Gasteiger partial charge in [0.25, 0.3) is 0 Å². The van der Waals surface area contributed by atoms with E-state index in [0.717, 1.165) is 24.4 Å². The summed E-state index contributed by atoms with van der Waals surface area (Å²) in [5, 5.41) is 0. The summed E-state index contributed by atoms with van der Waals surface area (Å²) < 4.78 is 10.9. The Morgan fingerprint density at radius 2 is 1.85 bits per heavy atom. The molecule has 0 radical (unpaired) electrons. The predicted molar refractivity (Wildman–Crippen MR) is 52.0 cm³/mol. The molecule has 0 atom stereocenters. The molecular weight excluding hydrogens is 166 g/mol. The summed E-state index contributed by atoms with van der Waals surface area (Å²) in [5.41, 5.74) is 5.35. The maximum absolute atomic E-state index is 5.44. The van der Waals surface area contributed by atoms with Crippen LogP contribution in [-0.2, 0) is 9.47 Å². The highest BCUT2D eigenvalue weighted by Gasteiger charge is 2.10. The van der Waals surface area contributed by atoms with Crippen molar-refractivity contribution in [3.8, 4) is 0 Å². The van der Waals surface area contributed by atoms with Crippen molar-refractivity contribution in [1.29, 1.82) is 0 Å². The smallest absolute Gasteiger partial charge is 0.156 e. The van der Waals surface area contributed by atoms with Crippen LogP contribution in [0.2, 0.25) is 0 Å². The number of hydrogen-bond donors (Lipinski definition) is 1. The largest absolute Gasteiger partial charge is 0.490 e. The van der Waals surface area contributed by atoms with Gasteiger partial charge in [-0.05, 0) is 31.9 Å². The first-order valence-corrected chi connectivity index (χ1v) is 4.74. The summed E-state index contributed by atoms with van der Waals surface area (Å²) in [6, 6.07) is 0. The van der Waals surface area contributed by atoms with Gasteiger partial charge in [0.05, 0.1) is 6.61 Å². The van der Waals surface area contributed by atoms with Crippen LogP contribution in [0.15, 0.2) is 23.7 Å². The normalized spacial score (nSPS) is 16.2. The first-order valence-electron chi connectivity index (χ1n) is 4.74. The molecule has 3 nitrogen and oxygen atoms in total. The second-order valence-corrected chi connectivity index (χ2v) is 2.78. The Balaban J connectivity index is 2.48. The van der Waals surface area contributed by atoms with Crippen LogP contribution in [-0.4, -0.2) is 19.8 Å². The minimum absolute atomic E-state index is 0.538. The number of allylic oxidation sites excluding steroid dienone is 2. The van der Waals surface area contributed by atoms with Crippen molar-refractivity contribution in [1.82, 2.24) is 0 Å². The molecule has 0 amide bonds. The molecular formula is C10H17NO2. The molecule has 1 rings (SSSR count). The summed E-state index contributed by atoms with van der Waals surface area (Å²) in [6.07, 6.45) is 6.18. The fourth-order valence-corrected chi connectivity index (χ4v) is 1.21. The van der Waals surface area contributed by atoms with Crippen molar-refractivity contribution < 1.29 is 9.47 Å². The third-order valence-electron chi connectivity index (χ3n) is 1.74. The van der Waals surface area contributed by atoms with E-state index in [2.05, 4.69) is 12.2 Å². The van der Waals surface area contributed by atoms with Crippen LogP contribution < -0.4 is 5.73 Å². The van der Waals surface area contributed by atoms with Crippen LogP contribution in [0, 0.1) is 0 Å². The third kappa shape index (κ3) is 3.11. The van der Waals surface area contributed by atoms with Crippen LogP contribution in [0.3, 0.4) is 0 Å². The molecule has 0 saturated heterocycles. The first kappa shape index (κ1) is 10.1. The van der Waals surface area contributed by atoms with Gasteiger partial charge in [-0.1, -0.05) is 0 Å². The van der Waals surface area contributed by atoms with E-state index in [4.69, 9.17) is 15.2 Å². The quantitative estimate of drug-likeness (QED) is 0.703. The van der Waals surface area contributed by atoms with Crippen LogP contribution in [0.4, 0.5) is 0 Å². The van der Waals surface area contributed by atoms with Crippen LogP contribution >= 0.6 is 0 Å². The van der Waals surface area contributed by atoms with Crippen molar-refractivity contribution in [3.05, 3.63) is 23.7 Å². The van der Waals surface area contributed by atoms with Gasteiger partial charge >= 0.3 is 0 Å². The zero-order valence-corrected chi connectivity index (χ0v) is 8.08. The molecule has 0 aromatic carbocycles. The Morgan fingerprint density at radius 3 is 2.38 bits per heavy atom. The van der Waals surface area contributed by atoms with Gasteiger partial charge < -0.3 is 15.2 Å². The van der Waals surface area contributed by atoms with Gasteiger partial charge in [-0.3, -0.25) is 0 Å². The van der Waals surface area contributed by atoms with E-state index < -0.39 is 0 Å². The zero-order valence-electron chi connectivity index (χ0n) is 8.08. The molecule has 1 aliphatic carbocycles. The molecule has 13 heavy (non-hydrogen) atoms. The highest BCUT2D eigenvalue weighted by molar-refractivity contribution is 5.23. The number of ether oxygens (including phenoxy) is 2. The lowest BCUT2D eigenvalue weighted by Crippen LogP contribution is -2.11. The fourth-order valence-electron chi connectivity index (χ4n) is 1.21. The van der Waals surface area contributed by atoms with Gasteiger partial charge in [0.15, 0.2) is 11.5 Å². The van der Waals surface area contributed by atoms with Gasteiger partial charge in [0.1, 0.15) is 6.61 Å². The molecule has 0 spiro atoms. The minimum atomic E-state index is 0.538. The van der Waals surface area contributed by atoms with E-state index in [0.29, 0.717) is 19.8 Å². The van der Waals surface area contributed by atoms with Gasteiger partial charge in [-0.2, -0.15) is 0 Å². The molecule has 0 saturated carbocycles. The van der Waals surface area contributed by atoms with E-state index in [1.54, 1.807) is 0 Å². The Bertz CT molecular complexity index is 209. The molecule has 0 fully saturated rings. The van der Waals surface area contributed by atoms with Crippen molar-refractivity contribution >= 4 is 0 Å².